The zero-order valence-corrected chi connectivity index (χ0v) is 10.9. The maximum atomic E-state index is 12.3. The maximum Gasteiger partial charge on any atom is 0.224 e. The van der Waals surface area contributed by atoms with Gasteiger partial charge in [0.2, 0.25) is 5.91 Å². The third-order valence-corrected chi connectivity index (χ3v) is 4.20. The van der Waals surface area contributed by atoms with E-state index in [0.29, 0.717) is 6.54 Å². The number of carboxylic acid groups (broad SMARTS) is 1. The molecule has 3 rings (SSSR count). The number of amides is 1. The summed E-state index contributed by atoms with van der Waals surface area (Å²) in [6, 6.07) is 5.47. The van der Waals surface area contributed by atoms with Crippen molar-refractivity contribution in [1.82, 2.24) is 10.3 Å². The highest BCUT2D eigenvalue weighted by Crippen LogP contribution is 2.47. The minimum Gasteiger partial charge on any atom is -0.550 e. The number of hydrogen-bond acceptors (Lipinski definition) is 4. The molecule has 1 amide bonds. The largest absolute Gasteiger partial charge is 0.550 e. The van der Waals surface area contributed by atoms with Crippen LogP contribution < -0.4 is 10.4 Å². The lowest BCUT2D eigenvalue weighted by Gasteiger charge is -2.27. The van der Waals surface area contributed by atoms with Crippen molar-refractivity contribution in [3.63, 3.8) is 0 Å². The number of nitrogens with zero attached hydrogens (tertiary/aromatic N) is 1. The Balaban J connectivity index is 1.68. The molecule has 1 aromatic heterocycles. The molecule has 4 atom stereocenters. The lowest BCUT2D eigenvalue weighted by atomic mass is 9.82. The zero-order valence-electron chi connectivity index (χ0n) is 10.9. The van der Waals surface area contributed by atoms with Crippen LogP contribution in [0.15, 0.2) is 36.5 Å². The van der Waals surface area contributed by atoms with E-state index in [-0.39, 0.29) is 17.7 Å². The van der Waals surface area contributed by atoms with Gasteiger partial charge >= 0.3 is 0 Å². The summed E-state index contributed by atoms with van der Waals surface area (Å²) in [6.45, 7) is 0.317. The molecule has 5 nitrogen and oxygen atoms in total. The Hall–Kier alpha value is -2.17. The molecule has 20 heavy (non-hydrogen) atoms. The normalized spacial score (nSPS) is 30.4. The molecule has 2 aliphatic rings. The molecule has 0 spiro atoms. The zero-order chi connectivity index (χ0) is 14.1. The third kappa shape index (κ3) is 2.19. The minimum atomic E-state index is -1.13. The SMILES string of the molecule is O=C([O-])[C@@H]1[C@@H](C(=O)NCc2ccccn2)[C@H]2C=C[C@H]1C2. The van der Waals surface area contributed by atoms with Gasteiger partial charge in [0.1, 0.15) is 0 Å². The Kier molecular flexibility index (Phi) is 3.26. The monoisotopic (exact) mass is 271 g/mol. The van der Waals surface area contributed by atoms with Crippen LogP contribution in [-0.4, -0.2) is 16.9 Å². The van der Waals surface area contributed by atoms with Gasteiger partial charge in [-0.1, -0.05) is 18.2 Å². The fourth-order valence-corrected chi connectivity index (χ4v) is 3.30. The van der Waals surface area contributed by atoms with Gasteiger partial charge in [-0.3, -0.25) is 9.78 Å². The van der Waals surface area contributed by atoms with Crippen molar-refractivity contribution in [2.24, 2.45) is 23.7 Å². The summed E-state index contributed by atoms with van der Waals surface area (Å²) >= 11 is 0. The van der Waals surface area contributed by atoms with Crippen LogP contribution in [-0.2, 0) is 16.1 Å². The van der Waals surface area contributed by atoms with Gasteiger partial charge in [-0.15, -0.1) is 0 Å². The molecule has 1 aromatic rings. The molecule has 104 valence electrons. The molecule has 5 heteroatoms. The van der Waals surface area contributed by atoms with E-state index in [2.05, 4.69) is 10.3 Å². The van der Waals surface area contributed by atoms with E-state index in [9.17, 15) is 14.7 Å². The van der Waals surface area contributed by atoms with Crippen molar-refractivity contribution in [3.05, 3.63) is 42.2 Å². The highest BCUT2D eigenvalue weighted by atomic mass is 16.4. The maximum absolute atomic E-state index is 12.3. The number of hydrogen-bond donors (Lipinski definition) is 1. The van der Waals surface area contributed by atoms with Gasteiger partial charge in [-0.25, -0.2) is 0 Å². The fourth-order valence-electron chi connectivity index (χ4n) is 3.30. The highest BCUT2D eigenvalue weighted by molar-refractivity contribution is 5.86. The van der Waals surface area contributed by atoms with Crippen molar-refractivity contribution in [2.75, 3.05) is 0 Å². The molecule has 0 aromatic carbocycles. The first-order valence-electron chi connectivity index (χ1n) is 6.73. The molecule has 0 saturated heterocycles. The van der Waals surface area contributed by atoms with Crippen LogP contribution in [0, 0.1) is 23.7 Å². The first-order chi connectivity index (χ1) is 9.66. The number of pyridine rings is 1. The first kappa shape index (κ1) is 12.8. The van der Waals surface area contributed by atoms with Crippen LogP contribution in [0.1, 0.15) is 12.1 Å². The lowest BCUT2D eigenvalue weighted by Crippen LogP contribution is -2.44. The molecule has 1 saturated carbocycles. The predicted molar refractivity (Wildman–Crippen MR) is 68.8 cm³/mol. The molecule has 0 unspecified atom stereocenters. The Morgan fingerprint density at radius 2 is 2.00 bits per heavy atom. The van der Waals surface area contributed by atoms with E-state index < -0.39 is 17.8 Å². The summed E-state index contributed by atoms with van der Waals surface area (Å²) in [5, 5.41) is 14.0. The predicted octanol–water partition coefficient (Wildman–Crippen LogP) is -0.114. The van der Waals surface area contributed by atoms with Gasteiger partial charge in [0.05, 0.1) is 18.2 Å². The average Bonchev–Trinajstić information content (AvgIpc) is 3.06. The number of rotatable bonds is 4. The second kappa shape index (κ2) is 5.07. The Morgan fingerprint density at radius 1 is 1.25 bits per heavy atom. The second-order valence-electron chi connectivity index (χ2n) is 5.36. The van der Waals surface area contributed by atoms with Crippen LogP contribution >= 0.6 is 0 Å². The van der Waals surface area contributed by atoms with Gasteiger partial charge in [-0.2, -0.15) is 0 Å². The molecule has 0 aliphatic heterocycles. The molecule has 1 fully saturated rings. The number of fused-ring (bicyclic) bond motifs is 2. The van der Waals surface area contributed by atoms with Gasteiger partial charge in [0.15, 0.2) is 0 Å². The lowest BCUT2D eigenvalue weighted by molar-refractivity contribution is -0.313. The quantitative estimate of drug-likeness (QED) is 0.774. The smallest absolute Gasteiger partial charge is 0.224 e. The fraction of sp³-hybridized carbons (Fsp3) is 0.400. The van der Waals surface area contributed by atoms with E-state index >= 15 is 0 Å². The summed E-state index contributed by atoms with van der Waals surface area (Å²) in [5.41, 5.74) is 0.754. The summed E-state index contributed by atoms with van der Waals surface area (Å²) in [7, 11) is 0. The topological polar surface area (TPSA) is 82.1 Å². The molecule has 1 N–H and O–H groups in total. The number of carbonyl (C=O) groups is 2. The number of carbonyl (C=O) groups excluding carboxylic acids is 2. The van der Waals surface area contributed by atoms with E-state index in [1.54, 1.807) is 12.3 Å². The summed E-state index contributed by atoms with van der Waals surface area (Å²) in [4.78, 5) is 27.6. The number of nitrogens with one attached hydrogen (secondary N) is 1. The molecule has 0 radical (unpaired) electrons. The van der Waals surface area contributed by atoms with Crippen molar-refractivity contribution in [3.8, 4) is 0 Å². The summed E-state index contributed by atoms with van der Waals surface area (Å²) in [6.07, 6.45) is 6.24. The number of carboxylic acids is 1. The van der Waals surface area contributed by atoms with Crippen LogP contribution in [0.5, 0.6) is 0 Å². The van der Waals surface area contributed by atoms with Crippen molar-refractivity contribution in [1.29, 1.82) is 0 Å². The van der Waals surface area contributed by atoms with Crippen molar-refractivity contribution < 1.29 is 14.7 Å². The van der Waals surface area contributed by atoms with Gasteiger partial charge in [-0.05, 0) is 30.4 Å². The van der Waals surface area contributed by atoms with E-state index in [1.807, 2.05) is 24.3 Å². The van der Waals surface area contributed by atoms with Crippen molar-refractivity contribution in [2.45, 2.75) is 13.0 Å². The Morgan fingerprint density at radius 3 is 2.65 bits per heavy atom. The molecular weight excluding hydrogens is 256 g/mol. The number of allylic oxidation sites excluding steroid dienone is 2. The summed E-state index contributed by atoms with van der Waals surface area (Å²) in [5.74, 6) is -2.60. The highest BCUT2D eigenvalue weighted by Gasteiger charge is 2.48. The van der Waals surface area contributed by atoms with Crippen LogP contribution in [0.4, 0.5) is 0 Å². The minimum absolute atomic E-state index is 0.0200. The number of aliphatic carboxylic acids is 1. The van der Waals surface area contributed by atoms with E-state index in [1.165, 1.54) is 0 Å². The third-order valence-electron chi connectivity index (χ3n) is 4.20. The second-order valence-corrected chi connectivity index (χ2v) is 5.36. The summed E-state index contributed by atoms with van der Waals surface area (Å²) < 4.78 is 0. The Bertz CT molecular complexity index is 555. The van der Waals surface area contributed by atoms with E-state index in [4.69, 9.17) is 0 Å². The van der Waals surface area contributed by atoms with Gasteiger partial charge in [0, 0.05) is 18.1 Å². The molecule has 2 aliphatic carbocycles. The van der Waals surface area contributed by atoms with Crippen LogP contribution in [0.3, 0.4) is 0 Å². The van der Waals surface area contributed by atoms with Crippen LogP contribution in [0.25, 0.3) is 0 Å². The van der Waals surface area contributed by atoms with Gasteiger partial charge < -0.3 is 15.2 Å². The standard InChI is InChI=1S/C15H16N2O3/c18-14(17-8-11-3-1-2-6-16-11)12-9-4-5-10(7-9)13(12)15(19)20/h1-6,9-10,12-13H,7-8H2,(H,17,18)(H,19,20)/p-1/t9-,10-,12-,13-/m0/s1. The van der Waals surface area contributed by atoms with Gasteiger partial charge in [0.25, 0.3) is 0 Å². The van der Waals surface area contributed by atoms with E-state index in [0.717, 1.165) is 12.1 Å². The average molecular weight is 271 g/mol. The molecule has 1 heterocycles. The molecular formula is C15H15N2O3-. The molecule has 2 bridgehead atoms. The first-order valence-corrected chi connectivity index (χ1v) is 6.73. The van der Waals surface area contributed by atoms with Crippen LogP contribution in [0.2, 0.25) is 0 Å². The van der Waals surface area contributed by atoms with Crippen molar-refractivity contribution >= 4 is 11.9 Å². The number of aromatic nitrogens is 1. The Labute approximate surface area is 116 Å².